The zero-order valence-electron chi connectivity index (χ0n) is 9.93. The van der Waals surface area contributed by atoms with Crippen molar-refractivity contribution in [1.29, 1.82) is 0 Å². The van der Waals surface area contributed by atoms with Gasteiger partial charge in [-0.1, -0.05) is 61.2 Å². The molecule has 0 unspecified atom stereocenters. The predicted molar refractivity (Wildman–Crippen MR) is 74.2 cm³/mol. The van der Waals surface area contributed by atoms with Crippen LogP contribution >= 0.6 is 0 Å². The van der Waals surface area contributed by atoms with Crippen LogP contribution in [0.3, 0.4) is 0 Å². The molecule has 0 aromatic heterocycles. The Morgan fingerprint density at radius 2 is 1.65 bits per heavy atom. The Hall–Kier alpha value is -2.15. The van der Waals surface area contributed by atoms with Gasteiger partial charge < -0.3 is 0 Å². The lowest BCUT2D eigenvalue weighted by Crippen LogP contribution is -1.86. The number of hydrogen-bond acceptors (Lipinski definition) is 1. The molecule has 0 amide bonds. The summed E-state index contributed by atoms with van der Waals surface area (Å²) in [6.45, 7) is 6.05. The summed E-state index contributed by atoms with van der Waals surface area (Å²) >= 11 is 0. The maximum Gasteiger partial charge on any atom is 0.0630 e. The first-order chi connectivity index (χ1) is 8.27. The zero-order valence-corrected chi connectivity index (χ0v) is 9.93. The number of hydrogen-bond donors (Lipinski definition) is 0. The number of benzene rings is 2. The molecule has 2 rings (SSSR count). The van der Waals surface area contributed by atoms with Gasteiger partial charge >= 0.3 is 0 Å². The van der Waals surface area contributed by atoms with Crippen molar-refractivity contribution in [3.05, 3.63) is 77.9 Å². The minimum absolute atomic E-state index is 0.786. The first-order valence-corrected chi connectivity index (χ1v) is 5.61. The van der Waals surface area contributed by atoms with Crippen LogP contribution in [-0.4, -0.2) is 6.21 Å². The summed E-state index contributed by atoms with van der Waals surface area (Å²) in [5.74, 6) is 0. The van der Waals surface area contributed by atoms with Crippen molar-refractivity contribution in [3.8, 4) is 0 Å². The minimum atomic E-state index is 0.786. The van der Waals surface area contributed by atoms with Crippen molar-refractivity contribution in [1.82, 2.24) is 0 Å². The van der Waals surface area contributed by atoms with Gasteiger partial charge in [0.05, 0.1) is 5.70 Å². The molecular formula is C16H15N. The third kappa shape index (κ3) is 2.91. The number of aryl methyl sites for hydroxylation is 1. The first kappa shape index (κ1) is 11.3. The summed E-state index contributed by atoms with van der Waals surface area (Å²) in [4.78, 5) is 4.41. The molecule has 1 nitrogen and oxygen atoms in total. The van der Waals surface area contributed by atoms with Gasteiger partial charge in [0, 0.05) is 6.21 Å². The molecule has 0 atom stereocenters. The number of rotatable bonds is 3. The van der Waals surface area contributed by atoms with E-state index in [9.17, 15) is 0 Å². The Kier molecular flexibility index (Phi) is 3.51. The van der Waals surface area contributed by atoms with E-state index in [1.54, 1.807) is 0 Å². The van der Waals surface area contributed by atoms with Gasteiger partial charge in [0.2, 0.25) is 0 Å². The molecule has 17 heavy (non-hydrogen) atoms. The van der Waals surface area contributed by atoms with Crippen LogP contribution in [0.4, 0.5) is 0 Å². The van der Waals surface area contributed by atoms with E-state index in [4.69, 9.17) is 0 Å². The van der Waals surface area contributed by atoms with E-state index in [1.165, 1.54) is 5.56 Å². The van der Waals surface area contributed by atoms with E-state index >= 15 is 0 Å². The molecule has 84 valence electrons. The normalized spacial score (nSPS) is 10.6. The molecule has 0 radical (unpaired) electrons. The van der Waals surface area contributed by atoms with Gasteiger partial charge in [-0.05, 0) is 23.6 Å². The fourth-order valence-electron chi connectivity index (χ4n) is 1.58. The highest BCUT2D eigenvalue weighted by molar-refractivity contribution is 5.86. The van der Waals surface area contributed by atoms with Crippen molar-refractivity contribution in [2.75, 3.05) is 0 Å². The fraction of sp³-hybridized carbons (Fsp3) is 0.0625. The van der Waals surface area contributed by atoms with Gasteiger partial charge in [0.1, 0.15) is 0 Å². The van der Waals surface area contributed by atoms with Crippen LogP contribution in [0.1, 0.15) is 16.7 Å². The van der Waals surface area contributed by atoms with Crippen molar-refractivity contribution in [2.45, 2.75) is 6.92 Å². The van der Waals surface area contributed by atoms with Gasteiger partial charge in [-0.2, -0.15) is 0 Å². The van der Waals surface area contributed by atoms with Crippen molar-refractivity contribution < 1.29 is 0 Å². The summed E-state index contributed by atoms with van der Waals surface area (Å²) in [6, 6.07) is 18.2. The first-order valence-electron chi connectivity index (χ1n) is 5.61. The van der Waals surface area contributed by atoms with E-state index in [0.29, 0.717) is 0 Å². The molecule has 0 heterocycles. The highest BCUT2D eigenvalue weighted by Crippen LogP contribution is 2.13. The Morgan fingerprint density at radius 3 is 2.35 bits per heavy atom. The Balaban J connectivity index is 2.17. The topological polar surface area (TPSA) is 12.4 Å². The molecule has 2 aromatic rings. The van der Waals surface area contributed by atoms with Gasteiger partial charge in [0.25, 0.3) is 0 Å². The quantitative estimate of drug-likeness (QED) is 0.692. The van der Waals surface area contributed by atoms with E-state index in [1.807, 2.05) is 48.7 Å². The van der Waals surface area contributed by atoms with Crippen LogP contribution in [0, 0.1) is 6.92 Å². The summed E-state index contributed by atoms with van der Waals surface area (Å²) in [6.07, 6.45) is 1.87. The molecule has 0 aliphatic carbocycles. The van der Waals surface area contributed by atoms with Crippen molar-refractivity contribution in [3.63, 3.8) is 0 Å². The van der Waals surface area contributed by atoms with Crippen LogP contribution in [0.25, 0.3) is 5.70 Å². The zero-order chi connectivity index (χ0) is 12.1. The monoisotopic (exact) mass is 221 g/mol. The molecule has 0 saturated heterocycles. The van der Waals surface area contributed by atoms with E-state index in [0.717, 1.165) is 16.8 Å². The van der Waals surface area contributed by atoms with E-state index < -0.39 is 0 Å². The Bertz CT molecular complexity index is 538. The van der Waals surface area contributed by atoms with Gasteiger partial charge in [-0.25, -0.2) is 0 Å². The summed E-state index contributed by atoms with van der Waals surface area (Å²) in [7, 11) is 0. The second-order valence-corrected chi connectivity index (χ2v) is 3.93. The lowest BCUT2D eigenvalue weighted by Gasteiger charge is -2.00. The van der Waals surface area contributed by atoms with Crippen LogP contribution < -0.4 is 0 Å². The molecule has 0 aliphatic rings. The second kappa shape index (κ2) is 5.26. The summed E-state index contributed by atoms with van der Waals surface area (Å²) in [5.41, 5.74) is 4.19. The number of nitrogens with zero attached hydrogens (tertiary/aromatic N) is 1. The molecule has 0 fully saturated rings. The molecule has 0 N–H and O–H groups in total. The average molecular weight is 221 g/mol. The molecule has 2 aromatic carbocycles. The smallest absolute Gasteiger partial charge is 0.0630 e. The van der Waals surface area contributed by atoms with E-state index in [-0.39, 0.29) is 0 Å². The maximum absolute atomic E-state index is 4.41. The Labute approximate surface area is 102 Å². The number of aliphatic imine (C=N–C) groups is 1. The Morgan fingerprint density at radius 1 is 1.00 bits per heavy atom. The highest BCUT2D eigenvalue weighted by atomic mass is 14.7. The minimum Gasteiger partial charge on any atom is -0.256 e. The molecule has 0 spiro atoms. The van der Waals surface area contributed by atoms with E-state index in [2.05, 4.69) is 30.6 Å². The maximum atomic E-state index is 4.41. The second-order valence-electron chi connectivity index (χ2n) is 3.93. The molecule has 0 aliphatic heterocycles. The average Bonchev–Trinajstić information content (AvgIpc) is 2.38. The summed E-state index contributed by atoms with van der Waals surface area (Å²) in [5, 5.41) is 0. The fourth-order valence-corrected chi connectivity index (χ4v) is 1.58. The van der Waals surface area contributed by atoms with Gasteiger partial charge in [-0.3, -0.25) is 4.99 Å². The molecule has 0 bridgehead atoms. The van der Waals surface area contributed by atoms with Gasteiger partial charge in [-0.15, -0.1) is 0 Å². The lowest BCUT2D eigenvalue weighted by atomic mass is 10.1. The van der Waals surface area contributed by atoms with Crippen LogP contribution in [0.15, 0.2) is 66.2 Å². The lowest BCUT2D eigenvalue weighted by molar-refractivity contribution is 1.44. The highest BCUT2D eigenvalue weighted by Gasteiger charge is 1.95. The predicted octanol–water partition coefficient (Wildman–Crippen LogP) is 4.08. The SMILES string of the molecule is C=C(N=Cc1ccccc1C)c1ccccc1. The van der Waals surface area contributed by atoms with Crippen LogP contribution in [-0.2, 0) is 0 Å². The molecule has 0 saturated carbocycles. The third-order valence-electron chi connectivity index (χ3n) is 2.65. The third-order valence-corrected chi connectivity index (χ3v) is 2.65. The standard InChI is InChI=1S/C16H15N/c1-13-8-6-7-11-16(13)12-17-14(2)15-9-4-3-5-10-15/h3-12H,2H2,1H3. The largest absolute Gasteiger partial charge is 0.256 e. The summed E-state index contributed by atoms with van der Waals surface area (Å²) < 4.78 is 0. The van der Waals surface area contributed by atoms with Crippen LogP contribution in [0.2, 0.25) is 0 Å². The molecule has 1 heteroatoms. The van der Waals surface area contributed by atoms with Crippen molar-refractivity contribution in [2.24, 2.45) is 4.99 Å². The van der Waals surface area contributed by atoms with Crippen LogP contribution in [0.5, 0.6) is 0 Å². The molecular weight excluding hydrogens is 206 g/mol. The van der Waals surface area contributed by atoms with Crippen molar-refractivity contribution >= 4 is 11.9 Å². The van der Waals surface area contributed by atoms with Gasteiger partial charge in [0.15, 0.2) is 0 Å².